The zero-order chi connectivity index (χ0) is 20.5. The van der Waals surface area contributed by atoms with Gasteiger partial charge in [-0.25, -0.2) is 9.82 Å². The van der Waals surface area contributed by atoms with Gasteiger partial charge in [-0.3, -0.25) is 14.5 Å². The molecule has 2 amide bonds. The molecular weight excluding hydrogens is 369 g/mol. The van der Waals surface area contributed by atoms with Crippen LogP contribution in [0, 0.1) is 5.82 Å². The number of anilines is 2. The highest BCUT2D eigenvalue weighted by molar-refractivity contribution is 6.01. The van der Waals surface area contributed by atoms with Crippen LogP contribution in [0.25, 0.3) is 0 Å². The highest BCUT2D eigenvalue weighted by Gasteiger charge is 2.18. The summed E-state index contributed by atoms with van der Waals surface area (Å²) in [6.45, 7) is 0. The van der Waals surface area contributed by atoms with Crippen molar-refractivity contribution >= 4 is 29.4 Å². The molecule has 0 aliphatic carbocycles. The summed E-state index contributed by atoms with van der Waals surface area (Å²) < 4.78 is 12.9. The number of hydrogen-bond acceptors (Lipinski definition) is 3. The molecule has 0 heterocycles. The fraction of sp³-hybridized carbons (Fsp3) is 0.0870. The second kappa shape index (κ2) is 9.94. The van der Waals surface area contributed by atoms with E-state index < -0.39 is 0 Å². The zero-order valence-corrected chi connectivity index (χ0v) is 15.7. The first kappa shape index (κ1) is 19.9. The second-order valence-electron chi connectivity index (χ2n) is 6.24. The van der Waals surface area contributed by atoms with Gasteiger partial charge in [0.15, 0.2) is 0 Å². The molecule has 0 saturated carbocycles. The third-order valence-corrected chi connectivity index (χ3v) is 4.12. The number of carbonyl (C=O) groups excluding carboxylic acids is 2. The fourth-order valence-corrected chi connectivity index (χ4v) is 2.71. The predicted molar refractivity (Wildman–Crippen MR) is 111 cm³/mol. The van der Waals surface area contributed by atoms with Crippen molar-refractivity contribution in [1.82, 2.24) is 5.43 Å². The first-order valence-electron chi connectivity index (χ1n) is 9.14. The van der Waals surface area contributed by atoms with E-state index in [1.165, 1.54) is 18.3 Å². The maximum absolute atomic E-state index is 12.9. The number of carbonyl (C=O) groups is 2. The van der Waals surface area contributed by atoms with E-state index in [1.807, 2.05) is 60.7 Å². The Hall–Kier alpha value is -3.80. The summed E-state index contributed by atoms with van der Waals surface area (Å²) in [5, 5.41) is 3.84. The van der Waals surface area contributed by atoms with E-state index in [2.05, 4.69) is 10.5 Å². The van der Waals surface area contributed by atoms with Crippen LogP contribution in [0.15, 0.2) is 90.0 Å². The lowest BCUT2D eigenvalue weighted by atomic mass is 10.2. The Morgan fingerprint density at radius 2 is 1.38 bits per heavy atom. The molecule has 3 aromatic rings. The van der Waals surface area contributed by atoms with Crippen LogP contribution in [0.5, 0.6) is 0 Å². The first-order chi connectivity index (χ1) is 14.1. The quantitative estimate of drug-likeness (QED) is 0.480. The molecule has 3 rings (SSSR count). The Balaban J connectivity index is 1.60. The molecule has 0 fully saturated rings. The summed E-state index contributed by atoms with van der Waals surface area (Å²) in [6, 6.07) is 24.3. The van der Waals surface area contributed by atoms with Gasteiger partial charge in [-0.05, 0) is 42.0 Å². The predicted octanol–water partition coefficient (Wildman–Crippen LogP) is 4.42. The Labute approximate surface area is 168 Å². The van der Waals surface area contributed by atoms with Crippen LogP contribution >= 0.6 is 0 Å². The molecule has 0 saturated heterocycles. The minimum absolute atomic E-state index is 0.00421. The van der Waals surface area contributed by atoms with E-state index in [0.717, 1.165) is 11.4 Å². The van der Waals surface area contributed by atoms with Crippen LogP contribution in [0.1, 0.15) is 18.4 Å². The minimum Gasteiger partial charge on any atom is -0.281 e. The third-order valence-electron chi connectivity index (χ3n) is 4.12. The molecule has 0 spiro atoms. The van der Waals surface area contributed by atoms with Crippen LogP contribution < -0.4 is 10.3 Å². The number of rotatable bonds is 7. The van der Waals surface area contributed by atoms with Crippen LogP contribution in [-0.4, -0.2) is 18.0 Å². The number of hydrogen-bond donors (Lipinski definition) is 1. The van der Waals surface area contributed by atoms with E-state index in [4.69, 9.17) is 0 Å². The molecule has 0 unspecified atom stereocenters. The van der Waals surface area contributed by atoms with Crippen LogP contribution in [0.3, 0.4) is 0 Å². The Bertz CT molecular complexity index is 935. The van der Waals surface area contributed by atoms with E-state index in [9.17, 15) is 14.0 Å². The summed E-state index contributed by atoms with van der Waals surface area (Å²) in [5.74, 6) is -0.913. The summed E-state index contributed by atoms with van der Waals surface area (Å²) >= 11 is 0. The van der Waals surface area contributed by atoms with Gasteiger partial charge >= 0.3 is 0 Å². The van der Waals surface area contributed by atoms with Gasteiger partial charge in [0, 0.05) is 24.2 Å². The molecule has 6 heteroatoms. The van der Waals surface area contributed by atoms with Gasteiger partial charge in [0.2, 0.25) is 11.8 Å². The maximum Gasteiger partial charge on any atom is 0.240 e. The summed E-state index contributed by atoms with van der Waals surface area (Å²) in [5.41, 5.74) is 4.51. The van der Waals surface area contributed by atoms with Gasteiger partial charge in [0.05, 0.1) is 6.21 Å². The second-order valence-corrected chi connectivity index (χ2v) is 6.24. The lowest BCUT2D eigenvalue weighted by Crippen LogP contribution is -2.27. The minimum atomic E-state index is -0.377. The van der Waals surface area contributed by atoms with Crippen molar-refractivity contribution in [1.29, 1.82) is 0 Å². The topological polar surface area (TPSA) is 61.8 Å². The van der Waals surface area contributed by atoms with E-state index in [1.54, 1.807) is 17.0 Å². The number of benzene rings is 3. The molecule has 0 aliphatic heterocycles. The Morgan fingerprint density at radius 3 is 1.93 bits per heavy atom. The van der Waals surface area contributed by atoms with Gasteiger partial charge in [0.25, 0.3) is 0 Å². The van der Waals surface area contributed by atoms with E-state index in [0.29, 0.717) is 5.56 Å². The van der Waals surface area contributed by atoms with Crippen molar-refractivity contribution in [3.05, 3.63) is 96.3 Å². The largest absolute Gasteiger partial charge is 0.281 e. The number of amides is 2. The molecule has 3 aromatic carbocycles. The molecule has 0 bridgehead atoms. The molecule has 0 aromatic heterocycles. The van der Waals surface area contributed by atoms with Crippen molar-refractivity contribution in [3.8, 4) is 0 Å². The SMILES string of the molecule is O=C(CCC(=O)N(c1ccccc1)c1ccccc1)NN=Cc1ccc(F)cc1. The Kier molecular flexibility index (Phi) is 6.84. The molecule has 146 valence electrons. The smallest absolute Gasteiger partial charge is 0.240 e. The van der Waals surface area contributed by atoms with Crippen LogP contribution in [0.2, 0.25) is 0 Å². The molecule has 1 N–H and O–H groups in total. The molecule has 5 nitrogen and oxygen atoms in total. The molecule has 0 radical (unpaired) electrons. The van der Waals surface area contributed by atoms with Gasteiger partial charge < -0.3 is 0 Å². The van der Waals surface area contributed by atoms with Crippen molar-refractivity contribution in [3.63, 3.8) is 0 Å². The van der Waals surface area contributed by atoms with Crippen molar-refractivity contribution in [2.24, 2.45) is 5.10 Å². The van der Waals surface area contributed by atoms with Crippen LogP contribution in [-0.2, 0) is 9.59 Å². The van der Waals surface area contributed by atoms with Gasteiger partial charge in [0.1, 0.15) is 5.82 Å². The number of hydrazone groups is 1. The average Bonchev–Trinajstić information content (AvgIpc) is 2.75. The highest BCUT2D eigenvalue weighted by Crippen LogP contribution is 2.26. The van der Waals surface area contributed by atoms with Crippen molar-refractivity contribution < 1.29 is 14.0 Å². The zero-order valence-electron chi connectivity index (χ0n) is 15.7. The summed E-state index contributed by atoms with van der Waals surface area (Å²) in [4.78, 5) is 26.5. The van der Waals surface area contributed by atoms with E-state index in [-0.39, 0.29) is 30.5 Å². The average molecular weight is 389 g/mol. The maximum atomic E-state index is 12.9. The fourth-order valence-electron chi connectivity index (χ4n) is 2.71. The lowest BCUT2D eigenvalue weighted by Gasteiger charge is -2.23. The number of nitrogens with one attached hydrogen (secondary N) is 1. The van der Waals surface area contributed by atoms with Gasteiger partial charge in [-0.15, -0.1) is 0 Å². The Morgan fingerprint density at radius 1 is 0.828 bits per heavy atom. The third kappa shape index (κ3) is 5.84. The van der Waals surface area contributed by atoms with Crippen molar-refractivity contribution in [2.45, 2.75) is 12.8 Å². The molecule has 29 heavy (non-hydrogen) atoms. The number of nitrogens with zero attached hydrogens (tertiary/aromatic N) is 2. The lowest BCUT2D eigenvalue weighted by molar-refractivity contribution is -0.124. The normalized spacial score (nSPS) is 10.7. The highest BCUT2D eigenvalue weighted by atomic mass is 19.1. The number of halogens is 1. The first-order valence-corrected chi connectivity index (χ1v) is 9.14. The molecular formula is C23H20FN3O2. The van der Waals surface area contributed by atoms with E-state index >= 15 is 0 Å². The van der Waals surface area contributed by atoms with Gasteiger partial charge in [-0.1, -0.05) is 48.5 Å². The monoisotopic (exact) mass is 389 g/mol. The van der Waals surface area contributed by atoms with Crippen molar-refractivity contribution in [2.75, 3.05) is 4.90 Å². The van der Waals surface area contributed by atoms with Gasteiger partial charge in [-0.2, -0.15) is 5.10 Å². The number of para-hydroxylation sites is 2. The molecule has 0 aliphatic rings. The summed E-state index contributed by atoms with van der Waals surface area (Å²) in [6.07, 6.45) is 1.44. The summed E-state index contributed by atoms with van der Waals surface area (Å²) in [7, 11) is 0. The standard InChI is InChI=1S/C23H20FN3O2/c24-19-13-11-18(12-14-19)17-25-26-22(28)15-16-23(29)27(20-7-3-1-4-8-20)21-9-5-2-6-10-21/h1-14,17H,15-16H2,(H,26,28). The molecule has 0 atom stereocenters. The van der Waals surface area contributed by atoms with Crippen LogP contribution in [0.4, 0.5) is 15.8 Å².